The van der Waals surface area contributed by atoms with Crippen molar-refractivity contribution in [2.24, 2.45) is 0 Å². The van der Waals surface area contributed by atoms with Crippen LogP contribution >= 0.6 is 0 Å². The molecular formula is C12H19N9. The van der Waals surface area contributed by atoms with Crippen molar-refractivity contribution in [2.45, 2.75) is 45.2 Å². The number of nitrogens with two attached hydrogens (primary N) is 1. The van der Waals surface area contributed by atoms with Crippen LogP contribution in [0.25, 0.3) is 5.95 Å². The Labute approximate surface area is 122 Å². The smallest absolute Gasteiger partial charge is 0.258 e. The Hall–Kier alpha value is -2.29. The van der Waals surface area contributed by atoms with Crippen LogP contribution in [0.5, 0.6) is 0 Å². The molecule has 0 radical (unpaired) electrons. The molecule has 0 bridgehead atoms. The van der Waals surface area contributed by atoms with Gasteiger partial charge >= 0.3 is 0 Å². The van der Waals surface area contributed by atoms with Gasteiger partial charge in [0.05, 0.1) is 0 Å². The van der Waals surface area contributed by atoms with Crippen molar-refractivity contribution < 1.29 is 0 Å². The molecule has 21 heavy (non-hydrogen) atoms. The van der Waals surface area contributed by atoms with E-state index < -0.39 is 0 Å². The Morgan fingerprint density at radius 2 is 1.95 bits per heavy atom. The summed E-state index contributed by atoms with van der Waals surface area (Å²) in [5.41, 5.74) is 9.01. The number of nitrogens with zero attached hydrogens (tertiary/aromatic N) is 7. The molecule has 0 amide bonds. The molecule has 0 aliphatic carbocycles. The van der Waals surface area contributed by atoms with E-state index >= 15 is 0 Å². The summed E-state index contributed by atoms with van der Waals surface area (Å²) in [6, 6.07) is 0.836. The second-order valence-corrected chi connectivity index (χ2v) is 5.31. The van der Waals surface area contributed by atoms with E-state index in [0.29, 0.717) is 24.0 Å². The van der Waals surface area contributed by atoms with E-state index in [-0.39, 0.29) is 5.95 Å². The van der Waals surface area contributed by atoms with Crippen LogP contribution < -0.4 is 11.2 Å². The van der Waals surface area contributed by atoms with Gasteiger partial charge in [-0.1, -0.05) is 6.42 Å². The maximum absolute atomic E-state index is 5.76. The van der Waals surface area contributed by atoms with E-state index in [0.717, 1.165) is 12.8 Å². The van der Waals surface area contributed by atoms with Gasteiger partial charge in [-0.15, -0.1) is 0 Å². The maximum Gasteiger partial charge on any atom is 0.258 e. The van der Waals surface area contributed by atoms with E-state index in [1.165, 1.54) is 23.8 Å². The van der Waals surface area contributed by atoms with Gasteiger partial charge in [0.25, 0.3) is 5.95 Å². The van der Waals surface area contributed by atoms with Gasteiger partial charge in [0.2, 0.25) is 11.9 Å². The molecule has 3 rings (SSSR count). The highest BCUT2D eigenvalue weighted by atomic mass is 15.6. The standard InChI is InChI=1S/C12H19N9/c1-8-4-3-5-9(2)21(8)19-11-16-10(13)17-12(18-11)20-7-14-6-15-20/h6-9H,3-5H2,1-2H3,(H3,13,16,17,18,19). The molecule has 9 nitrogen and oxygen atoms in total. The zero-order valence-electron chi connectivity index (χ0n) is 12.1. The molecule has 1 fully saturated rings. The zero-order chi connectivity index (χ0) is 14.8. The van der Waals surface area contributed by atoms with Crippen molar-refractivity contribution in [3.8, 4) is 5.95 Å². The normalized spacial score (nSPS) is 23.1. The average molecular weight is 289 g/mol. The van der Waals surface area contributed by atoms with Gasteiger partial charge in [-0.3, -0.25) is 5.43 Å². The number of aromatic nitrogens is 6. The molecule has 9 heteroatoms. The van der Waals surface area contributed by atoms with Gasteiger partial charge in [0.15, 0.2) is 0 Å². The van der Waals surface area contributed by atoms with Crippen LogP contribution in [0.2, 0.25) is 0 Å². The third-order valence-electron chi connectivity index (χ3n) is 3.69. The summed E-state index contributed by atoms with van der Waals surface area (Å²) in [5, 5.41) is 6.17. The lowest BCUT2D eigenvalue weighted by Gasteiger charge is -2.38. The molecule has 2 atom stereocenters. The van der Waals surface area contributed by atoms with Crippen LogP contribution in [0.3, 0.4) is 0 Å². The van der Waals surface area contributed by atoms with Gasteiger partial charge in [0, 0.05) is 12.1 Å². The summed E-state index contributed by atoms with van der Waals surface area (Å²) in [5.74, 6) is 0.920. The number of piperidine rings is 1. The fraction of sp³-hybridized carbons (Fsp3) is 0.583. The Morgan fingerprint density at radius 3 is 2.62 bits per heavy atom. The van der Waals surface area contributed by atoms with Crippen LogP contribution in [-0.4, -0.2) is 46.8 Å². The first kappa shape index (κ1) is 13.7. The second kappa shape index (κ2) is 5.60. The van der Waals surface area contributed by atoms with Crippen molar-refractivity contribution in [1.82, 2.24) is 34.7 Å². The second-order valence-electron chi connectivity index (χ2n) is 5.31. The topological polar surface area (TPSA) is 111 Å². The average Bonchev–Trinajstić information content (AvgIpc) is 2.97. The zero-order valence-corrected chi connectivity index (χ0v) is 12.1. The number of hydrazine groups is 1. The third kappa shape index (κ3) is 2.92. The maximum atomic E-state index is 5.76. The largest absolute Gasteiger partial charge is 0.368 e. The molecule has 1 aliphatic rings. The predicted octanol–water partition coefficient (Wildman–Crippen LogP) is 0.624. The van der Waals surface area contributed by atoms with E-state index in [9.17, 15) is 0 Å². The van der Waals surface area contributed by atoms with Crippen LogP contribution in [0.4, 0.5) is 11.9 Å². The number of nitrogens with one attached hydrogen (secondary N) is 1. The lowest BCUT2D eigenvalue weighted by molar-refractivity contribution is 0.134. The van der Waals surface area contributed by atoms with Crippen LogP contribution in [-0.2, 0) is 0 Å². The van der Waals surface area contributed by atoms with E-state index in [2.05, 4.69) is 49.3 Å². The fourth-order valence-corrected chi connectivity index (χ4v) is 2.60. The van der Waals surface area contributed by atoms with E-state index in [1.807, 2.05) is 0 Å². The summed E-state index contributed by atoms with van der Waals surface area (Å²) in [6.07, 6.45) is 6.47. The Bertz CT molecular complexity index is 587. The fourth-order valence-electron chi connectivity index (χ4n) is 2.60. The van der Waals surface area contributed by atoms with Crippen LogP contribution in [0.1, 0.15) is 33.1 Å². The van der Waals surface area contributed by atoms with E-state index in [1.54, 1.807) is 0 Å². The molecular weight excluding hydrogens is 270 g/mol. The SMILES string of the molecule is CC1CCCC(C)N1Nc1nc(N)nc(-n2cncn2)n1. The number of hydrogen-bond donors (Lipinski definition) is 2. The Morgan fingerprint density at radius 1 is 1.19 bits per heavy atom. The molecule has 3 heterocycles. The molecule has 112 valence electrons. The minimum absolute atomic E-state index is 0.148. The molecule has 0 saturated carbocycles. The van der Waals surface area contributed by atoms with Crippen LogP contribution in [0.15, 0.2) is 12.7 Å². The summed E-state index contributed by atoms with van der Waals surface area (Å²) < 4.78 is 1.45. The van der Waals surface area contributed by atoms with E-state index in [4.69, 9.17) is 5.73 Å². The van der Waals surface area contributed by atoms with Crippen molar-refractivity contribution >= 4 is 11.9 Å². The minimum atomic E-state index is 0.148. The number of rotatable bonds is 3. The first-order chi connectivity index (χ1) is 10.1. The molecule has 2 aromatic rings. The summed E-state index contributed by atoms with van der Waals surface area (Å²) in [4.78, 5) is 16.4. The van der Waals surface area contributed by atoms with Gasteiger partial charge in [0.1, 0.15) is 12.7 Å². The molecule has 0 aromatic carbocycles. The van der Waals surface area contributed by atoms with Crippen molar-refractivity contribution in [2.75, 3.05) is 11.2 Å². The lowest BCUT2D eigenvalue weighted by atomic mass is 10.00. The summed E-state index contributed by atoms with van der Waals surface area (Å²) in [6.45, 7) is 4.37. The van der Waals surface area contributed by atoms with Gasteiger partial charge in [-0.2, -0.15) is 24.7 Å². The quantitative estimate of drug-likeness (QED) is 0.846. The minimum Gasteiger partial charge on any atom is -0.368 e. The Balaban J connectivity index is 1.85. The van der Waals surface area contributed by atoms with Gasteiger partial charge < -0.3 is 5.73 Å². The molecule has 1 saturated heterocycles. The van der Waals surface area contributed by atoms with Gasteiger partial charge in [-0.05, 0) is 26.7 Å². The third-order valence-corrected chi connectivity index (χ3v) is 3.69. The highest BCUT2D eigenvalue weighted by Crippen LogP contribution is 2.22. The van der Waals surface area contributed by atoms with Crippen molar-refractivity contribution in [3.05, 3.63) is 12.7 Å². The number of nitrogen functional groups attached to an aromatic ring is 1. The monoisotopic (exact) mass is 289 g/mol. The molecule has 0 spiro atoms. The van der Waals surface area contributed by atoms with Crippen molar-refractivity contribution in [1.29, 1.82) is 0 Å². The first-order valence-corrected chi connectivity index (χ1v) is 7.05. The summed E-state index contributed by atoms with van der Waals surface area (Å²) in [7, 11) is 0. The van der Waals surface area contributed by atoms with Crippen LogP contribution in [0, 0.1) is 0 Å². The molecule has 2 aromatic heterocycles. The highest BCUT2D eigenvalue weighted by Gasteiger charge is 2.25. The number of hydrogen-bond acceptors (Lipinski definition) is 8. The molecule has 3 N–H and O–H groups in total. The highest BCUT2D eigenvalue weighted by molar-refractivity contribution is 5.34. The molecule has 1 aliphatic heterocycles. The first-order valence-electron chi connectivity index (χ1n) is 7.05. The lowest BCUT2D eigenvalue weighted by Crippen LogP contribution is -2.47. The Kier molecular flexibility index (Phi) is 3.65. The van der Waals surface area contributed by atoms with Gasteiger partial charge in [-0.25, -0.2) is 9.99 Å². The summed E-state index contributed by atoms with van der Waals surface area (Å²) >= 11 is 0. The predicted molar refractivity (Wildman–Crippen MR) is 77.4 cm³/mol. The van der Waals surface area contributed by atoms with Crippen molar-refractivity contribution in [3.63, 3.8) is 0 Å². The molecule has 2 unspecified atom stereocenters. The number of anilines is 2.